The molecule has 0 radical (unpaired) electrons. The van der Waals surface area contributed by atoms with Crippen LogP contribution in [0.4, 0.5) is 13.2 Å². The summed E-state index contributed by atoms with van der Waals surface area (Å²) in [6.07, 6.45) is -3.17. The van der Waals surface area contributed by atoms with Gasteiger partial charge in [0, 0.05) is 12.3 Å². The van der Waals surface area contributed by atoms with E-state index in [-0.39, 0.29) is 5.69 Å². The first-order valence-electron chi connectivity index (χ1n) is 4.84. The highest BCUT2D eigenvalue weighted by Crippen LogP contribution is 2.32. The molecule has 1 heterocycles. The maximum Gasteiger partial charge on any atom is 0.418 e. The lowest BCUT2D eigenvalue weighted by Crippen LogP contribution is -2.19. The number of alkyl halides is 3. The third-order valence-corrected chi connectivity index (χ3v) is 2.29. The average molecular weight is 239 g/mol. The molecule has 0 aliphatic heterocycles. The Bertz CT molecular complexity index is 587. The van der Waals surface area contributed by atoms with Crippen molar-refractivity contribution in [2.24, 2.45) is 0 Å². The molecule has 1 aromatic carbocycles. The van der Waals surface area contributed by atoms with Crippen molar-refractivity contribution in [3.63, 3.8) is 0 Å². The Morgan fingerprint density at radius 1 is 0.941 bits per heavy atom. The fraction of sp³-hybridized carbons (Fsp3) is 0.0833. The van der Waals surface area contributed by atoms with E-state index in [0.717, 1.165) is 10.6 Å². The number of nitrogens with zero attached hydrogens (tertiary/aromatic N) is 1. The highest BCUT2D eigenvalue weighted by atomic mass is 19.4. The van der Waals surface area contributed by atoms with Crippen molar-refractivity contribution in [2.45, 2.75) is 6.18 Å². The van der Waals surface area contributed by atoms with Crippen molar-refractivity contribution in [3.05, 3.63) is 64.6 Å². The second-order valence-electron chi connectivity index (χ2n) is 3.42. The zero-order valence-corrected chi connectivity index (χ0v) is 8.61. The van der Waals surface area contributed by atoms with Gasteiger partial charge in [-0.3, -0.25) is 9.36 Å². The fourth-order valence-corrected chi connectivity index (χ4v) is 1.55. The molecule has 0 amide bonds. The molecule has 5 heteroatoms. The largest absolute Gasteiger partial charge is 0.418 e. The van der Waals surface area contributed by atoms with Crippen molar-refractivity contribution in [3.8, 4) is 5.69 Å². The number of hydrogen-bond donors (Lipinski definition) is 0. The first-order chi connectivity index (χ1) is 8.00. The van der Waals surface area contributed by atoms with Crippen LogP contribution in [0.15, 0.2) is 53.5 Å². The Kier molecular flexibility index (Phi) is 2.75. The van der Waals surface area contributed by atoms with Gasteiger partial charge in [0.05, 0.1) is 11.3 Å². The van der Waals surface area contributed by atoms with E-state index >= 15 is 0 Å². The molecule has 17 heavy (non-hydrogen) atoms. The Morgan fingerprint density at radius 2 is 1.59 bits per heavy atom. The molecule has 0 fully saturated rings. The van der Waals surface area contributed by atoms with Crippen LogP contribution in [0.1, 0.15) is 5.56 Å². The molecule has 0 spiro atoms. The predicted molar refractivity (Wildman–Crippen MR) is 57.0 cm³/mol. The first kappa shape index (κ1) is 11.4. The van der Waals surface area contributed by atoms with E-state index in [4.69, 9.17) is 0 Å². The van der Waals surface area contributed by atoms with E-state index in [9.17, 15) is 18.0 Å². The molecule has 0 N–H and O–H groups in total. The normalized spacial score (nSPS) is 11.5. The maximum atomic E-state index is 12.8. The third-order valence-electron chi connectivity index (χ3n) is 2.29. The minimum atomic E-state index is -4.48. The van der Waals surface area contributed by atoms with Crippen LogP contribution in [-0.2, 0) is 6.18 Å². The van der Waals surface area contributed by atoms with Gasteiger partial charge in [-0.2, -0.15) is 13.2 Å². The monoisotopic (exact) mass is 239 g/mol. The summed E-state index contributed by atoms with van der Waals surface area (Å²) in [5.41, 5.74) is -1.48. The third kappa shape index (κ3) is 2.22. The zero-order chi connectivity index (χ0) is 12.5. The molecular weight excluding hydrogens is 231 g/mol. The second kappa shape index (κ2) is 4.08. The number of halogens is 3. The van der Waals surface area contributed by atoms with Crippen LogP contribution < -0.4 is 5.56 Å². The SMILES string of the molecule is O=c1ccccn1-c1ccccc1C(F)(F)F. The summed E-state index contributed by atoms with van der Waals surface area (Å²) in [5, 5.41) is 0. The van der Waals surface area contributed by atoms with Crippen molar-refractivity contribution in [2.75, 3.05) is 0 Å². The standard InChI is InChI=1S/C12H8F3NO/c13-12(14,15)9-5-1-2-6-10(9)16-8-4-3-7-11(16)17/h1-8H. The average Bonchev–Trinajstić information content (AvgIpc) is 2.28. The first-order valence-corrected chi connectivity index (χ1v) is 4.84. The van der Waals surface area contributed by atoms with E-state index in [2.05, 4.69) is 0 Å². The Hall–Kier alpha value is -2.04. The van der Waals surface area contributed by atoms with Gasteiger partial charge in [-0.05, 0) is 18.2 Å². The van der Waals surface area contributed by atoms with Gasteiger partial charge in [0.2, 0.25) is 0 Å². The molecule has 2 rings (SSSR count). The number of para-hydroxylation sites is 1. The molecule has 0 bridgehead atoms. The molecule has 2 nitrogen and oxygen atoms in total. The molecule has 0 aliphatic rings. The molecule has 0 atom stereocenters. The number of rotatable bonds is 1. The van der Waals surface area contributed by atoms with Crippen LogP contribution in [0, 0.1) is 0 Å². The molecule has 1 aromatic heterocycles. The summed E-state index contributed by atoms with van der Waals surface area (Å²) >= 11 is 0. The van der Waals surface area contributed by atoms with E-state index in [1.54, 1.807) is 0 Å². The Balaban J connectivity index is 2.69. The van der Waals surface area contributed by atoms with Gasteiger partial charge in [0.15, 0.2) is 0 Å². The summed E-state index contributed by atoms with van der Waals surface area (Å²) in [5.74, 6) is 0. The molecule has 0 aliphatic carbocycles. The summed E-state index contributed by atoms with van der Waals surface area (Å²) in [6.45, 7) is 0. The van der Waals surface area contributed by atoms with Gasteiger partial charge in [0.1, 0.15) is 0 Å². The highest BCUT2D eigenvalue weighted by molar-refractivity contribution is 5.42. The lowest BCUT2D eigenvalue weighted by molar-refractivity contribution is -0.137. The van der Waals surface area contributed by atoms with E-state index in [1.807, 2.05) is 0 Å². The highest BCUT2D eigenvalue weighted by Gasteiger charge is 2.33. The van der Waals surface area contributed by atoms with Gasteiger partial charge in [-0.25, -0.2) is 0 Å². The smallest absolute Gasteiger partial charge is 0.284 e. The van der Waals surface area contributed by atoms with Crippen LogP contribution in [-0.4, -0.2) is 4.57 Å². The summed E-state index contributed by atoms with van der Waals surface area (Å²) in [6, 6.07) is 9.18. The number of hydrogen-bond acceptors (Lipinski definition) is 1. The van der Waals surface area contributed by atoms with Crippen LogP contribution in [0.25, 0.3) is 5.69 Å². The van der Waals surface area contributed by atoms with Crippen molar-refractivity contribution >= 4 is 0 Å². The summed E-state index contributed by atoms with van der Waals surface area (Å²) in [7, 11) is 0. The van der Waals surface area contributed by atoms with Gasteiger partial charge < -0.3 is 0 Å². The zero-order valence-electron chi connectivity index (χ0n) is 8.61. The quantitative estimate of drug-likeness (QED) is 0.750. The van der Waals surface area contributed by atoms with Crippen molar-refractivity contribution in [1.82, 2.24) is 4.57 Å². The minimum Gasteiger partial charge on any atom is -0.284 e. The van der Waals surface area contributed by atoms with Crippen LogP contribution in [0.5, 0.6) is 0 Å². The molecule has 88 valence electrons. The molecular formula is C12H8F3NO. The molecule has 0 saturated heterocycles. The molecule has 0 unspecified atom stereocenters. The summed E-state index contributed by atoms with van der Waals surface area (Å²) in [4.78, 5) is 11.5. The van der Waals surface area contributed by atoms with Crippen LogP contribution in [0.3, 0.4) is 0 Å². The topological polar surface area (TPSA) is 22.0 Å². The Labute approximate surface area is 94.9 Å². The molecule has 0 saturated carbocycles. The van der Waals surface area contributed by atoms with Crippen molar-refractivity contribution < 1.29 is 13.2 Å². The second-order valence-corrected chi connectivity index (χ2v) is 3.42. The van der Waals surface area contributed by atoms with Gasteiger partial charge in [0.25, 0.3) is 5.56 Å². The Morgan fingerprint density at radius 3 is 2.24 bits per heavy atom. The lowest BCUT2D eigenvalue weighted by Gasteiger charge is -2.13. The van der Waals surface area contributed by atoms with E-state index in [0.29, 0.717) is 0 Å². The molecule has 2 aromatic rings. The van der Waals surface area contributed by atoms with Gasteiger partial charge in [-0.1, -0.05) is 18.2 Å². The fourth-order valence-electron chi connectivity index (χ4n) is 1.55. The van der Waals surface area contributed by atoms with E-state index < -0.39 is 17.3 Å². The number of pyridine rings is 1. The van der Waals surface area contributed by atoms with Crippen LogP contribution >= 0.6 is 0 Å². The van der Waals surface area contributed by atoms with Gasteiger partial charge in [-0.15, -0.1) is 0 Å². The number of benzene rings is 1. The lowest BCUT2D eigenvalue weighted by atomic mass is 10.1. The minimum absolute atomic E-state index is 0.161. The maximum absolute atomic E-state index is 12.8. The predicted octanol–water partition coefficient (Wildman–Crippen LogP) is 2.86. The van der Waals surface area contributed by atoms with Crippen LogP contribution in [0.2, 0.25) is 0 Å². The number of aromatic nitrogens is 1. The summed E-state index contributed by atoms with van der Waals surface area (Å²) < 4.78 is 39.2. The van der Waals surface area contributed by atoms with E-state index in [1.165, 1.54) is 42.6 Å². The van der Waals surface area contributed by atoms with Crippen molar-refractivity contribution in [1.29, 1.82) is 0 Å². The van der Waals surface area contributed by atoms with Gasteiger partial charge >= 0.3 is 6.18 Å².